The van der Waals surface area contributed by atoms with E-state index in [4.69, 9.17) is 17.3 Å². The largest absolute Gasteiger partial charge is 0.381 e. The number of rotatable bonds is 4. The highest BCUT2D eigenvalue weighted by molar-refractivity contribution is 6.32. The van der Waals surface area contributed by atoms with Gasteiger partial charge in [-0.2, -0.15) is 5.10 Å². The van der Waals surface area contributed by atoms with Gasteiger partial charge in [0.25, 0.3) is 5.56 Å². The van der Waals surface area contributed by atoms with Gasteiger partial charge in [-0.05, 0) is 18.8 Å². The summed E-state index contributed by atoms with van der Waals surface area (Å²) in [6.07, 6.45) is 3.94. The molecule has 5 nitrogen and oxygen atoms in total. The van der Waals surface area contributed by atoms with Crippen molar-refractivity contribution in [2.75, 3.05) is 11.9 Å². The molecule has 1 aromatic rings. The lowest BCUT2D eigenvalue weighted by Gasteiger charge is -2.13. The van der Waals surface area contributed by atoms with Gasteiger partial charge in [0.05, 0.1) is 11.9 Å². The zero-order chi connectivity index (χ0) is 11.7. The number of nitrogens with two attached hydrogens (primary N) is 1. The van der Waals surface area contributed by atoms with Crippen molar-refractivity contribution in [2.24, 2.45) is 18.7 Å². The summed E-state index contributed by atoms with van der Waals surface area (Å²) in [5, 5.41) is 7.13. The summed E-state index contributed by atoms with van der Waals surface area (Å²) < 4.78 is 1.20. The lowest BCUT2D eigenvalue weighted by atomic mass is 10.2. The van der Waals surface area contributed by atoms with Crippen molar-refractivity contribution in [2.45, 2.75) is 18.9 Å². The van der Waals surface area contributed by atoms with Crippen LogP contribution in [0.3, 0.4) is 0 Å². The summed E-state index contributed by atoms with van der Waals surface area (Å²) in [7, 11) is 1.56. The van der Waals surface area contributed by atoms with Crippen LogP contribution in [0.4, 0.5) is 5.69 Å². The molecule has 1 aliphatic carbocycles. The second-order valence-electron chi connectivity index (χ2n) is 4.18. The number of nitrogens with zero attached hydrogens (tertiary/aromatic N) is 2. The van der Waals surface area contributed by atoms with Gasteiger partial charge in [-0.15, -0.1) is 0 Å². The molecule has 2 rings (SSSR count). The summed E-state index contributed by atoms with van der Waals surface area (Å²) in [5.74, 6) is 0.616. The Bertz CT molecular complexity index is 441. The molecule has 1 fully saturated rings. The Morgan fingerprint density at radius 1 is 1.75 bits per heavy atom. The van der Waals surface area contributed by atoms with Crippen LogP contribution in [0.1, 0.15) is 12.8 Å². The van der Waals surface area contributed by atoms with Gasteiger partial charge >= 0.3 is 0 Å². The van der Waals surface area contributed by atoms with E-state index in [-0.39, 0.29) is 16.6 Å². The molecule has 88 valence electrons. The van der Waals surface area contributed by atoms with Crippen molar-refractivity contribution in [3.63, 3.8) is 0 Å². The molecule has 1 atom stereocenters. The lowest BCUT2D eigenvalue weighted by Crippen LogP contribution is -2.32. The zero-order valence-electron chi connectivity index (χ0n) is 9.11. The minimum Gasteiger partial charge on any atom is -0.381 e. The van der Waals surface area contributed by atoms with Crippen molar-refractivity contribution in [1.29, 1.82) is 0 Å². The third-order valence-corrected chi connectivity index (χ3v) is 3.20. The summed E-state index contributed by atoms with van der Waals surface area (Å²) >= 11 is 5.90. The van der Waals surface area contributed by atoms with Crippen molar-refractivity contribution >= 4 is 17.3 Å². The Morgan fingerprint density at radius 3 is 3.06 bits per heavy atom. The Morgan fingerprint density at radius 2 is 2.44 bits per heavy atom. The minimum atomic E-state index is -0.299. The summed E-state index contributed by atoms with van der Waals surface area (Å²) in [6, 6.07) is 0.125. The van der Waals surface area contributed by atoms with Crippen LogP contribution in [0.2, 0.25) is 5.02 Å². The average Bonchev–Trinajstić information content (AvgIpc) is 3.08. The highest BCUT2D eigenvalue weighted by Gasteiger charge is 2.28. The van der Waals surface area contributed by atoms with Crippen LogP contribution in [-0.4, -0.2) is 22.4 Å². The molecular weight excluding hydrogens is 228 g/mol. The van der Waals surface area contributed by atoms with E-state index >= 15 is 0 Å². The zero-order valence-corrected chi connectivity index (χ0v) is 9.87. The maximum Gasteiger partial charge on any atom is 0.287 e. The van der Waals surface area contributed by atoms with Crippen LogP contribution < -0.4 is 16.6 Å². The maximum atomic E-state index is 11.5. The number of hydrogen-bond acceptors (Lipinski definition) is 4. The first-order valence-corrected chi connectivity index (χ1v) is 5.68. The summed E-state index contributed by atoms with van der Waals surface area (Å²) in [5.41, 5.74) is 6.19. The topological polar surface area (TPSA) is 72.9 Å². The van der Waals surface area contributed by atoms with Gasteiger partial charge in [-0.3, -0.25) is 4.79 Å². The van der Waals surface area contributed by atoms with E-state index in [1.807, 2.05) is 0 Å². The van der Waals surface area contributed by atoms with Gasteiger partial charge < -0.3 is 11.1 Å². The van der Waals surface area contributed by atoms with Gasteiger partial charge in [0.1, 0.15) is 5.02 Å². The summed E-state index contributed by atoms with van der Waals surface area (Å²) in [6.45, 7) is 0.624. The molecule has 6 heteroatoms. The van der Waals surface area contributed by atoms with Crippen LogP contribution in [0, 0.1) is 5.92 Å². The SMILES string of the molecule is Cn1ncc(NCC(N)C2CC2)c(Cl)c1=O. The van der Waals surface area contributed by atoms with E-state index in [1.54, 1.807) is 13.2 Å². The van der Waals surface area contributed by atoms with E-state index in [2.05, 4.69) is 10.4 Å². The molecule has 1 saturated carbocycles. The molecule has 3 N–H and O–H groups in total. The highest BCUT2D eigenvalue weighted by atomic mass is 35.5. The molecule has 1 heterocycles. The van der Waals surface area contributed by atoms with Crippen LogP contribution >= 0.6 is 11.6 Å². The molecule has 16 heavy (non-hydrogen) atoms. The van der Waals surface area contributed by atoms with E-state index in [0.717, 1.165) is 0 Å². The van der Waals surface area contributed by atoms with E-state index < -0.39 is 0 Å². The molecular formula is C10H15ClN4O. The third kappa shape index (κ3) is 2.36. The van der Waals surface area contributed by atoms with Crippen LogP contribution in [0.5, 0.6) is 0 Å². The van der Waals surface area contributed by atoms with Gasteiger partial charge in [-0.25, -0.2) is 4.68 Å². The number of aryl methyl sites for hydroxylation is 1. The Hall–Kier alpha value is -1.07. The number of aromatic nitrogens is 2. The number of anilines is 1. The molecule has 0 radical (unpaired) electrons. The van der Waals surface area contributed by atoms with Crippen molar-refractivity contribution in [3.05, 3.63) is 21.6 Å². The van der Waals surface area contributed by atoms with E-state index in [0.29, 0.717) is 18.2 Å². The predicted molar refractivity (Wildman–Crippen MR) is 63.7 cm³/mol. The second-order valence-corrected chi connectivity index (χ2v) is 4.56. The number of hydrogen-bond donors (Lipinski definition) is 2. The molecule has 1 unspecified atom stereocenters. The molecule has 1 aliphatic rings. The fraction of sp³-hybridized carbons (Fsp3) is 0.600. The van der Waals surface area contributed by atoms with Gasteiger partial charge in [0.15, 0.2) is 0 Å². The highest BCUT2D eigenvalue weighted by Crippen LogP contribution is 2.31. The molecule has 1 aromatic heterocycles. The quantitative estimate of drug-likeness (QED) is 0.810. The molecule has 0 bridgehead atoms. The van der Waals surface area contributed by atoms with Gasteiger partial charge in [0.2, 0.25) is 0 Å². The Kier molecular flexibility index (Phi) is 3.16. The van der Waals surface area contributed by atoms with Crippen LogP contribution in [0.15, 0.2) is 11.0 Å². The number of nitrogens with one attached hydrogen (secondary N) is 1. The second kappa shape index (κ2) is 4.43. The van der Waals surface area contributed by atoms with Gasteiger partial charge in [0, 0.05) is 19.6 Å². The molecule has 0 aromatic carbocycles. The van der Waals surface area contributed by atoms with Crippen molar-refractivity contribution in [3.8, 4) is 0 Å². The fourth-order valence-corrected chi connectivity index (χ4v) is 1.79. The Labute approximate surface area is 98.6 Å². The van der Waals surface area contributed by atoms with E-state index in [1.165, 1.54) is 17.5 Å². The first kappa shape index (κ1) is 11.4. The van der Waals surface area contributed by atoms with Crippen molar-refractivity contribution < 1.29 is 0 Å². The molecule has 0 saturated heterocycles. The monoisotopic (exact) mass is 242 g/mol. The molecule has 0 amide bonds. The molecule has 0 spiro atoms. The van der Waals surface area contributed by atoms with E-state index in [9.17, 15) is 4.79 Å². The summed E-state index contributed by atoms with van der Waals surface area (Å²) in [4.78, 5) is 11.5. The smallest absolute Gasteiger partial charge is 0.287 e. The first-order valence-electron chi connectivity index (χ1n) is 5.31. The minimum absolute atomic E-state index is 0.125. The van der Waals surface area contributed by atoms with Crippen LogP contribution in [0.25, 0.3) is 0 Å². The van der Waals surface area contributed by atoms with Crippen molar-refractivity contribution in [1.82, 2.24) is 9.78 Å². The number of halogens is 1. The third-order valence-electron chi connectivity index (χ3n) is 2.83. The molecule has 0 aliphatic heterocycles. The standard InChI is InChI=1S/C10H15ClN4O/c1-15-10(16)9(11)8(5-14-15)13-4-7(12)6-2-3-6/h5-7,13H,2-4,12H2,1H3. The predicted octanol–water partition coefficient (Wildman–Crippen LogP) is 0.583. The maximum absolute atomic E-state index is 11.5. The van der Waals surface area contributed by atoms with Gasteiger partial charge in [-0.1, -0.05) is 11.6 Å². The fourth-order valence-electron chi connectivity index (χ4n) is 1.55. The first-order chi connectivity index (χ1) is 7.59. The van der Waals surface area contributed by atoms with Crippen LogP contribution in [-0.2, 0) is 7.05 Å². The lowest BCUT2D eigenvalue weighted by molar-refractivity contribution is 0.620. The Balaban J connectivity index is 2.03. The normalized spacial score (nSPS) is 17.2. The average molecular weight is 243 g/mol.